The summed E-state index contributed by atoms with van der Waals surface area (Å²) in [7, 11) is 1.66. The van der Waals surface area contributed by atoms with Crippen LogP contribution in [0.1, 0.15) is 12.6 Å². The summed E-state index contributed by atoms with van der Waals surface area (Å²) in [5.74, 6) is -2.52. The first-order chi connectivity index (χ1) is 11.9. The quantitative estimate of drug-likeness (QED) is 0.562. The van der Waals surface area contributed by atoms with Crippen LogP contribution in [0.3, 0.4) is 0 Å². The molecule has 0 radical (unpaired) electrons. The van der Waals surface area contributed by atoms with Gasteiger partial charge in [-0.3, -0.25) is 14.6 Å². The van der Waals surface area contributed by atoms with Gasteiger partial charge in [-0.15, -0.1) is 0 Å². The number of carbonyl (C=O) groups is 3. The molecule has 2 aliphatic heterocycles. The summed E-state index contributed by atoms with van der Waals surface area (Å²) < 4.78 is 5.82. The van der Waals surface area contributed by atoms with E-state index in [1.165, 1.54) is 22.0 Å². The van der Waals surface area contributed by atoms with Gasteiger partial charge in [0, 0.05) is 19.3 Å². The van der Waals surface area contributed by atoms with E-state index in [2.05, 4.69) is 30.2 Å². The van der Waals surface area contributed by atoms with Crippen LogP contribution in [-0.4, -0.2) is 64.2 Å². The Morgan fingerprint density at radius 3 is 2.84 bits per heavy atom. The lowest BCUT2D eigenvalue weighted by Crippen LogP contribution is -2.35. The summed E-state index contributed by atoms with van der Waals surface area (Å²) in [4.78, 5) is 43.7. The lowest BCUT2D eigenvalue weighted by Gasteiger charge is -2.17. The second kappa shape index (κ2) is 6.26. The number of ether oxygens (including phenoxy) is 1. The fourth-order valence-corrected chi connectivity index (χ4v) is 2.31. The number of aliphatic imine (C=N–C) groups is 2. The van der Waals surface area contributed by atoms with E-state index in [0.29, 0.717) is 11.5 Å². The van der Waals surface area contributed by atoms with E-state index in [4.69, 9.17) is 0 Å². The Bertz CT molecular complexity index is 851. The number of nitrogens with one attached hydrogen (secondary N) is 1. The first kappa shape index (κ1) is 16.5. The molecule has 1 unspecified atom stereocenters. The summed E-state index contributed by atoms with van der Waals surface area (Å²) >= 11 is 0. The van der Waals surface area contributed by atoms with E-state index < -0.39 is 23.7 Å². The van der Waals surface area contributed by atoms with E-state index in [1.807, 2.05) is 0 Å². The maximum atomic E-state index is 12.1. The first-order valence-electron chi connectivity index (χ1n) is 7.44. The van der Waals surface area contributed by atoms with E-state index in [-0.39, 0.29) is 18.4 Å². The van der Waals surface area contributed by atoms with Crippen molar-refractivity contribution in [3.63, 3.8) is 0 Å². The Kier molecular flexibility index (Phi) is 4.13. The van der Waals surface area contributed by atoms with E-state index >= 15 is 0 Å². The van der Waals surface area contributed by atoms with E-state index in [1.54, 1.807) is 20.9 Å². The van der Waals surface area contributed by atoms with Crippen LogP contribution in [-0.2, 0) is 19.1 Å². The Morgan fingerprint density at radius 1 is 1.36 bits per heavy atom. The molecule has 0 aliphatic carbocycles. The number of carbonyl (C=O) groups excluding carboxylic acids is 3. The number of aromatic nitrogens is 2. The number of hydrogen-bond acceptors (Lipinski definition) is 8. The molecule has 11 nitrogen and oxygen atoms in total. The molecule has 3 rings (SSSR count). The largest absolute Gasteiger partial charge is 0.459 e. The van der Waals surface area contributed by atoms with Gasteiger partial charge in [-0.1, -0.05) is 0 Å². The van der Waals surface area contributed by atoms with Crippen LogP contribution >= 0.6 is 0 Å². The number of hydrazone groups is 1. The van der Waals surface area contributed by atoms with Gasteiger partial charge in [-0.2, -0.15) is 24.9 Å². The minimum atomic E-state index is -1.02. The van der Waals surface area contributed by atoms with Crippen LogP contribution in [0.15, 0.2) is 21.2 Å². The molecule has 1 aromatic rings. The zero-order valence-corrected chi connectivity index (χ0v) is 13.8. The summed E-state index contributed by atoms with van der Waals surface area (Å²) in [6.07, 6.45) is 1.46. The fraction of sp³-hybridized carbons (Fsp3) is 0.357. The molecular weight excluding hydrogens is 330 g/mol. The van der Waals surface area contributed by atoms with Gasteiger partial charge in [-0.25, -0.2) is 4.79 Å². The van der Waals surface area contributed by atoms with Crippen LogP contribution in [0.4, 0.5) is 5.82 Å². The zero-order valence-electron chi connectivity index (χ0n) is 13.8. The van der Waals surface area contributed by atoms with Crippen molar-refractivity contribution in [3.05, 3.63) is 11.8 Å². The molecule has 11 heteroatoms. The van der Waals surface area contributed by atoms with Crippen LogP contribution in [0.25, 0.3) is 0 Å². The number of rotatable bonds is 2. The zero-order chi connectivity index (χ0) is 18.1. The number of fused-ring (bicyclic) bond motifs is 1. The molecule has 1 atom stereocenters. The van der Waals surface area contributed by atoms with Crippen molar-refractivity contribution in [2.24, 2.45) is 21.0 Å². The number of amidine groups is 1. The maximum absolute atomic E-state index is 12.1. The highest BCUT2D eigenvalue weighted by Gasteiger charge is 2.35. The molecule has 2 aliphatic rings. The first-order valence-corrected chi connectivity index (χ1v) is 7.44. The van der Waals surface area contributed by atoms with Crippen molar-refractivity contribution < 1.29 is 19.1 Å². The van der Waals surface area contributed by atoms with Gasteiger partial charge < -0.3 is 10.1 Å². The standard InChI is InChI=1S/C14H15N7O4/c1-4-25-13(24)12(23)16-9-5-7(2)19-21(9)14-17-10-8(11(22)18-14)6-15-20(10)3/h5-6,8H,4H2,1-3H3,(H,16,23). The Hall–Kier alpha value is -3.37. The molecule has 2 amide bonds. The Balaban J connectivity index is 1.91. The highest BCUT2D eigenvalue weighted by atomic mass is 16.5. The average molecular weight is 345 g/mol. The average Bonchev–Trinajstić information content (AvgIpc) is 3.11. The third-order valence-corrected chi connectivity index (χ3v) is 3.41. The lowest BCUT2D eigenvalue weighted by atomic mass is 10.1. The molecule has 0 aromatic carbocycles. The topological polar surface area (TPSA) is 131 Å². The van der Waals surface area contributed by atoms with Gasteiger partial charge in [0.25, 0.3) is 11.9 Å². The van der Waals surface area contributed by atoms with Crippen LogP contribution in [0.5, 0.6) is 0 Å². The molecule has 0 fully saturated rings. The van der Waals surface area contributed by atoms with E-state index in [0.717, 1.165) is 0 Å². The summed E-state index contributed by atoms with van der Waals surface area (Å²) in [5, 5.41) is 12.0. The van der Waals surface area contributed by atoms with Gasteiger partial charge >= 0.3 is 11.9 Å². The fourth-order valence-electron chi connectivity index (χ4n) is 2.31. The third kappa shape index (κ3) is 3.03. The molecular formula is C14H15N7O4. The molecule has 0 saturated carbocycles. The molecule has 3 heterocycles. The SMILES string of the molecule is CCOC(=O)C(=O)Nc1cc(C)nn1C1=NC(=O)C2C=NN(C)C2=N1. The Morgan fingerprint density at radius 2 is 2.12 bits per heavy atom. The smallest absolute Gasteiger partial charge is 0.397 e. The van der Waals surface area contributed by atoms with Crippen molar-refractivity contribution in [2.75, 3.05) is 19.0 Å². The van der Waals surface area contributed by atoms with E-state index in [9.17, 15) is 14.4 Å². The number of anilines is 1. The molecule has 130 valence electrons. The molecule has 25 heavy (non-hydrogen) atoms. The highest BCUT2D eigenvalue weighted by Crippen LogP contribution is 2.19. The molecule has 0 saturated heterocycles. The van der Waals surface area contributed by atoms with Crippen molar-refractivity contribution in [3.8, 4) is 0 Å². The van der Waals surface area contributed by atoms with Crippen LogP contribution in [0, 0.1) is 12.8 Å². The van der Waals surface area contributed by atoms with Gasteiger partial charge in [0.1, 0.15) is 17.6 Å². The van der Waals surface area contributed by atoms with Crippen molar-refractivity contribution in [1.82, 2.24) is 14.8 Å². The number of amides is 2. The van der Waals surface area contributed by atoms with Crippen molar-refractivity contribution in [2.45, 2.75) is 13.8 Å². The van der Waals surface area contributed by atoms with Crippen LogP contribution < -0.4 is 5.32 Å². The lowest BCUT2D eigenvalue weighted by molar-refractivity contribution is -0.152. The third-order valence-electron chi connectivity index (χ3n) is 3.41. The summed E-state index contributed by atoms with van der Waals surface area (Å²) in [5.41, 5.74) is 0.535. The van der Waals surface area contributed by atoms with Gasteiger partial charge in [0.05, 0.1) is 12.3 Å². The molecule has 0 bridgehead atoms. The second-order valence-corrected chi connectivity index (χ2v) is 5.24. The monoisotopic (exact) mass is 345 g/mol. The van der Waals surface area contributed by atoms with Gasteiger partial charge in [0.2, 0.25) is 0 Å². The summed E-state index contributed by atoms with van der Waals surface area (Å²) in [6, 6.07) is 1.52. The number of nitrogens with zero attached hydrogens (tertiary/aromatic N) is 6. The van der Waals surface area contributed by atoms with Crippen LogP contribution in [0.2, 0.25) is 0 Å². The Labute approximate surface area is 142 Å². The number of aryl methyl sites for hydroxylation is 1. The predicted octanol–water partition coefficient (Wildman–Crippen LogP) is -0.617. The number of esters is 1. The highest BCUT2D eigenvalue weighted by molar-refractivity contribution is 6.37. The maximum Gasteiger partial charge on any atom is 0.397 e. The normalized spacial score (nSPS) is 18.6. The molecule has 1 N–H and O–H groups in total. The minimum absolute atomic E-state index is 0.0270. The summed E-state index contributed by atoms with van der Waals surface area (Å²) in [6.45, 7) is 3.35. The minimum Gasteiger partial charge on any atom is -0.459 e. The van der Waals surface area contributed by atoms with Gasteiger partial charge in [-0.05, 0) is 13.8 Å². The molecule has 1 aromatic heterocycles. The van der Waals surface area contributed by atoms with Gasteiger partial charge in [0.15, 0.2) is 0 Å². The predicted molar refractivity (Wildman–Crippen MR) is 87.2 cm³/mol. The molecule has 0 spiro atoms. The van der Waals surface area contributed by atoms with Crippen molar-refractivity contribution >= 4 is 41.6 Å². The van der Waals surface area contributed by atoms with Crippen molar-refractivity contribution in [1.29, 1.82) is 0 Å². The second-order valence-electron chi connectivity index (χ2n) is 5.24. The number of hydrogen-bond donors (Lipinski definition) is 1.